The number of aromatic nitrogens is 5. The Balaban J connectivity index is 1.38. The van der Waals surface area contributed by atoms with Crippen LogP contribution >= 0.6 is 11.3 Å². The molecule has 1 aliphatic rings. The molecule has 0 saturated carbocycles. The summed E-state index contributed by atoms with van der Waals surface area (Å²) in [6.45, 7) is 2.54. The maximum absolute atomic E-state index is 12.5. The van der Waals surface area contributed by atoms with E-state index in [1.54, 1.807) is 28.9 Å². The zero-order chi connectivity index (χ0) is 23.9. The molecule has 3 aromatic heterocycles. The zero-order valence-corrected chi connectivity index (χ0v) is 20.0. The fourth-order valence-corrected chi connectivity index (χ4v) is 4.87. The monoisotopic (exact) mass is 475 g/mol. The number of hydrogen-bond donors (Lipinski definition) is 2. The van der Waals surface area contributed by atoms with Crippen molar-refractivity contribution in [3.8, 4) is 22.0 Å². The summed E-state index contributed by atoms with van der Waals surface area (Å²) in [4.78, 5) is 27.8. The molecule has 1 fully saturated rings. The van der Waals surface area contributed by atoms with Crippen molar-refractivity contribution in [3.05, 3.63) is 65.4 Å². The van der Waals surface area contributed by atoms with Crippen LogP contribution in [0.15, 0.2) is 54.2 Å². The number of nitrogens with zero attached hydrogens (tertiary/aromatic N) is 6. The first-order valence-corrected chi connectivity index (χ1v) is 11.9. The predicted molar refractivity (Wildman–Crippen MR) is 130 cm³/mol. The maximum Gasteiger partial charge on any atom is 0.258 e. The number of benzene rings is 1. The van der Waals surface area contributed by atoms with Crippen molar-refractivity contribution in [2.75, 3.05) is 18.9 Å². The second kappa shape index (κ2) is 8.62. The summed E-state index contributed by atoms with van der Waals surface area (Å²) in [7, 11) is 3.59. The quantitative estimate of drug-likeness (QED) is 0.441. The van der Waals surface area contributed by atoms with Crippen LogP contribution in [-0.2, 0) is 17.4 Å². The minimum Gasteiger partial charge on any atom is -0.375 e. The van der Waals surface area contributed by atoms with E-state index in [0.717, 1.165) is 22.0 Å². The van der Waals surface area contributed by atoms with E-state index in [-0.39, 0.29) is 11.9 Å². The van der Waals surface area contributed by atoms with Gasteiger partial charge in [-0.05, 0) is 30.7 Å². The third kappa shape index (κ3) is 4.06. The minimum atomic E-state index is -1.48. The highest BCUT2D eigenvalue weighted by Gasteiger charge is 2.45. The van der Waals surface area contributed by atoms with E-state index in [1.165, 1.54) is 11.3 Å². The van der Waals surface area contributed by atoms with Gasteiger partial charge in [-0.3, -0.25) is 9.48 Å². The van der Waals surface area contributed by atoms with Crippen molar-refractivity contribution in [3.63, 3.8) is 0 Å². The number of thiazole rings is 1. The smallest absolute Gasteiger partial charge is 0.258 e. The van der Waals surface area contributed by atoms with Gasteiger partial charge < -0.3 is 15.3 Å². The topological polar surface area (TPSA) is 109 Å². The number of carbonyl (C=O) groups excluding carboxylic acids is 1. The molecule has 9 nitrogen and oxygen atoms in total. The van der Waals surface area contributed by atoms with Crippen molar-refractivity contribution >= 4 is 23.2 Å². The number of rotatable bonds is 6. The molecule has 0 spiro atoms. The Hall–Kier alpha value is -3.63. The summed E-state index contributed by atoms with van der Waals surface area (Å²) < 4.78 is 1.76. The molecule has 1 saturated heterocycles. The van der Waals surface area contributed by atoms with Gasteiger partial charge in [-0.2, -0.15) is 5.10 Å². The van der Waals surface area contributed by atoms with Gasteiger partial charge in [0.25, 0.3) is 5.91 Å². The van der Waals surface area contributed by atoms with Crippen molar-refractivity contribution in [2.24, 2.45) is 7.05 Å². The Kier molecular flexibility index (Phi) is 5.62. The number of aryl methyl sites for hydroxylation is 1. The van der Waals surface area contributed by atoms with Gasteiger partial charge in [-0.15, -0.1) is 11.3 Å². The van der Waals surface area contributed by atoms with E-state index < -0.39 is 5.60 Å². The molecule has 4 heterocycles. The second-order valence-electron chi connectivity index (χ2n) is 8.50. The Bertz CT molecular complexity index is 1350. The van der Waals surface area contributed by atoms with Crippen molar-refractivity contribution in [2.45, 2.75) is 25.0 Å². The third-order valence-corrected chi connectivity index (χ3v) is 6.93. The number of hydrogen-bond acceptors (Lipinski definition) is 8. The Labute approximate surface area is 201 Å². The molecule has 0 radical (unpaired) electrons. The van der Waals surface area contributed by atoms with Gasteiger partial charge in [0.15, 0.2) is 5.60 Å². The summed E-state index contributed by atoms with van der Waals surface area (Å²) in [5, 5.41) is 21.4. The summed E-state index contributed by atoms with van der Waals surface area (Å²) in [5.41, 5.74) is 2.30. The largest absolute Gasteiger partial charge is 0.375 e. The van der Waals surface area contributed by atoms with Crippen LogP contribution in [0.1, 0.15) is 30.6 Å². The van der Waals surface area contributed by atoms with Crippen molar-refractivity contribution in [1.29, 1.82) is 0 Å². The van der Waals surface area contributed by atoms with Crippen LogP contribution < -0.4 is 5.32 Å². The second-order valence-corrected chi connectivity index (χ2v) is 9.36. The maximum atomic E-state index is 12.5. The lowest BCUT2D eigenvalue weighted by atomic mass is 9.91. The van der Waals surface area contributed by atoms with Crippen molar-refractivity contribution in [1.82, 2.24) is 29.6 Å². The van der Waals surface area contributed by atoms with Gasteiger partial charge in [0.1, 0.15) is 10.7 Å². The van der Waals surface area contributed by atoms with Crippen LogP contribution in [0.5, 0.6) is 0 Å². The number of likely N-dealkylation sites (N-methyl/N-ethyl adjacent to an activating group) is 1. The summed E-state index contributed by atoms with van der Waals surface area (Å²) in [6, 6.07) is 11.1. The molecule has 0 aliphatic carbocycles. The molecule has 174 valence electrons. The number of carbonyl (C=O) groups is 1. The summed E-state index contributed by atoms with van der Waals surface area (Å²) in [6.07, 6.45) is 3.98. The fraction of sp³-hybridized carbons (Fsp3) is 0.292. The molecule has 1 aromatic carbocycles. The lowest BCUT2D eigenvalue weighted by molar-refractivity contribution is -0.143. The Morgan fingerprint density at radius 1 is 1.18 bits per heavy atom. The van der Waals surface area contributed by atoms with Gasteiger partial charge in [-0.25, -0.2) is 15.0 Å². The standard InChI is InChI=1S/C24H25N7O2S/c1-15(18-8-11-31(3)29-18)26-23-25-10-7-19(28-23)20-14-34-21(27-20)16-5-4-6-17(13-16)24(33)9-12-30(2)22(24)32/h4-8,10-11,13-15,33H,9,12H2,1-3H3,(H,25,26,28)/t15?,24-/m1/s1. The van der Waals surface area contributed by atoms with Gasteiger partial charge in [0.05, 0.1) is 17.4 Å². The van der Waals surface area contributed by atoms with E-state index >= 15 is 0 Å². The fourth-order valence-electron chi connectivity index (χ4n) is 4.06. The zero-order valence-electron chi connectivity index (χ0n) is 19.1. The first-order valence-electron chi connectivity index (χ1n) is 11.0. The van der Waals surface area contributed by atoms with E-state index in [2.05, 4.69) is 20.4 Å². The summed E-state index contributed by atoms with van der Waals surface area (Å²) >= 11 is 1.49. The highest BCUT2D eigenvalue weighted by atomic mass is 32.1. The van der Waals surface area contributed by atoms with Gasteiger partial charge >= 0.3 is 0 Å². The van der Waals surface area contributed by atoms with Gasteiger partial charge in [0, 0.05) is 50.4 Å². The van der Waals surface area contributed by atoms with Crippen LogP contribution in [0.3, 0.4) is 0 Å². The molecule has 34 heavy (non-hydrogen) atoms. The van der Waals surface area contributed by atoms with Gasteiger partial charge in [0.2, 0.25) is 5.95 Å². The van der Waals surface area contributed by atoms with Gasteiger partial charge in [-0.1, -0.05) is 18.2 Å². The lowest BCUT2D eigenvalue weighted by Crippen LogP contribution is -2.36. The number of likely N-dealkylation sites (tertiary alicyclic amines) is 1. The Morgan fingerprint density at radius 3 is 2.76 bits per heavy atom. The molecule has 2 N–H and O–H groups in total. The van der Waals surface area contributed by atoms with Crippen LogP contribution in [0.25, 0.3) is 22.0 Å². The molecule has 1 amide bonds. The van der Waals surface area contributed by atoms with Crippen molar-refractivity contribution < 1.29 is 9.90 Å². The van der Waals surface area contributed by atoms with Crippen LogP contribution in [0.2, 0.25) is 0 Å². The molecule has 4 aromatic rings. The normalized spacial score (nSPS) is 18.9. The average molecular weight is 476 g/mol. The average Bonchev–Trinajstić information content (AvgIpc) is 3.57. The van der Waals surface area contributed by atoms with E-state index in [9.17, 15) is 9.90 Å². The minimum absolute atomic E-state index is 0.0478. The SMILES string of the molecule is CC(Nc1nccc(-c2csc(-c3cccc([C@]4(O)CCN(C)C4=O)c3)n2)n1)c1ccn(C)n1. The first-order chi connectivity index (χ1) is 16.3. The predicted octanol–water partition coefficient (Wildman–Crippen LogP) is 3.22. The number of aliphatic hydroxyl groups is 1. The third-order valence-electron chi connectivity index (χ3n) is 6.04. The number of amides is 1. The molecular weight excluding hydrogens is 450 g/mol. The van der Waals surface area contributed by atoms with E-state index in [0.29, 0.717) is 30.2 Å². The first kappa shape index (κ1) is 22.2. The molecule has 10 heteroatoms. The molecule has 1 aliphatic heterocycles. The molecule has 5 rings (SSSR count). The Morgan fingerprint density at radius 2 is 2.03 bits per heavy atom. The molecule has 0 bridgehead atoms. The van der Waals surface area contributed by atoms with E-state index in [1.807, 2.05) is 55.9 Å². The molecule has 1 unspecified atom stereocenters. The molecule has 2 atom stereocenters. The number of nitrogens with one attached hydrogen (secondary N) is 1. The lowest BCUT2D eigenvalue weighted by Gasteiger charge is -2.21. The van der Waals surface area contributed by atoms with Crippen LogP contribution in [0.4, 0.5) is 5.95 Å². The summed E-state index contributed by atoms with van der Waals surface area (Å²) in [5.74, 6) is 0.226. The van der Waals surface area contributed by atoms with Crippen LogP contribution in [0, 0.1) is 0 Å². The molecular formula is C24H25N7O2S. The highest BCUT2D eigenvalue weighted by Crippen LogP contribution is 2.36. The van der Waals surface area contributed by atoms with Crippen LogP contribution in [-0.4, -0.2) is 54.2 Å². The van der Waals surface area contributed by atoms with E-state index in [4.69, 9.17) is 4.98 Å². The number of anilines is 1. The highest BCUT2D eigenvalue weighted by molar-refractivity contribution is 7.13.